The molecule has 5 N–H and O–H groups in total. The molecule has 0 aromatic heterocycles. The van der Waals surface area contributed by atoms with Gasteiger partial charge >= 0.3 is 0 Å². The van der Waals surface area contributed by atoms with Crippen LogP contribution in [0.3, 0.4) is 0 Å². The molecule has 0 spiro atoms. The smallest absolute Gasteiger partial charge is 0.248 e. The summed E-state index contributed by atoms with van der Waals surface area (Å²) in [5.74, 6) is -0.282. The maximum Gasteiger partial charge on any atom is 0.248 e. The fraction of sp³-hybridized carbons (Fsp3) is 0.556. The first-order valence-electron chi connectivity index (χ1n) is 8.79. The van der Waals surface area contributed by atoms with Crippen LogP contribution in [0, 0.1) is 5.92 Å². The number of rotatable bonds is 5. The number of hydrogen-bond donors (Lipinski definition) is 3. The molecule has 1 aliphatic heterocycles. The van der Waals surface area contributed by atoms with E-state index in [0.29, 0.717) is 17.7 Å². The lowest BCUT2D eigenvalue weighted by Crippen LogP contribution is -2.29. The standard InChI is InChI=1S/C18H26N4O2.ClH/c19-14-5-3-4-12(14)11-17(23)21-15-10-13(18(20)24)6-7-16(15)22-8-1-2-9-22;/h6-7,10,12,14H,1-5,8-9,11,19H2,(H2,20,24)(H,21,23);1H/t12-,14+;/m0./s1. The van der Waals surface area contributed by atoms with E-state index in [2.05, 4.69) is 10.2 Å². The minimum atomic E-state index is -0.490. The molecule has 1 saturated heterocycles. The Labute approximate surface area is 154 Å². The highest BCUT2D eigenvalue weighted by molar-refractivity contribution is 5.99. The molecule has 1 aromatic rings. The minimum Gasteiger partial charge on any atom is -0.370 e. The van der Waals surface area contributed by atoms with E-state index in [0.717, 1.165) is 50.9 Å². The topological polar surface area (TPSA) is 101 Å². The molecule has 0 unspecified atom stereocenters. The van der Waals surface area contributed by atoms with Crippen molar-refractivity contribution in [2.45, 2.75) is 44.6 Å². The number of nitrogens with two attached hydrogens (primary N) is 2. The SMILES string of the molecule is Cl.NC(=O)c1ccc(N2CCCC2)c(NC(=O)C[C@@H]2CCC[C@H]2N)c1. The number of amides is 2. The zero-order valence-electron chi connectivity index (χ0n) is 14.4. The van der Waals surface area contributed by atoms with Gasteiger partial charge in [0.25, 0.3) is 0 Å². The van der Waals surface area contributed by atoms with Gasteiger partial charge in [0.1, 0.15) is 0 Å². The molecule has 2 aliphatic rings. The van der Waals surface area contributed by atoms with Crippen LogP contribution in [-0.2, 0) is 4.79 Å². The molecule has 7 heteroatoms. The molecule has 25 heavy (non-hydrogen) atoms. The summed E-state index contributed by atoms with van der Waals surface area (Å²) >= 11 is 0. The van der Waals surface area contributed by atoms with Crippen LogP contribution >= 0.6 is 12.4 Å². The Balaban J connectivity index is 0.00000225. The second kappa shape index (κ2) is 8.54. The van der Waals surface area contributed by atoms with Gasteiger partial charge in [0, 0.05) is 31.1 Å². The number of nitrogens with one attached hydrogen (secondary N) is 1. The second-order valence-corrected chi connectivity index (χ2v) is 6.90. The summed E-state index contributed by atoms with van der Waals surface area (Å²) in [5, 5.41) is 2.99. The van der Waals surface area contributed by atoms with E-state index in [1.165, 1.54) is 0 Å². The van der Waals surface area contributed by atoms with Crippen LogP contribution in [0.5, 0.6) is 0 Å². The van der Waals surface area contributed by atoms with Crippen LogP contribution in [-0.4, -0.2) is 30.9 Å². The Morgan fingerprint density at radius 3 is 2.48 bits per heavy atom. The van der Waals surface area contributed by atoms with Gasteiger partial charge in [-0.15, -0.1) is 12.4 Å². The van der Waals surface area contributed by atoms with Crippen molar-refractivity contribution in [3.63, 3.8) is 0 Å². The lowest BCUT2D eigenvalue weighted by Gasteiger charge is -2.23. The molecule has 138 valence electrons. The average Bonchev–Trinajstić information content (AvgIpc) is 3.20. The largest absolute Gasteiger partial charge is 0.370 e. The third-order valence-electron chi connectivity index (χ3n) is 5.17. The molecular weight excluding hydrogens is 340 g/mol. The molecule has 1 heterocycles. The Hall–Kier alpha value is -1.79. The van der Waals surface area contributed by atoms with Gasteiger partial charge < -0.3 is 21.7 Å². The highest BCUT2D eigenvalue weighted by Gasteiger charge is 2.26. The highest BCUT2D eigenvalue weighted by Crippen LogP contribution is 2.31. The Morgan fingerprint density at radius 1 is 1.16 bits per heavy atom. The van der Waals surface area contributed by atoms with Gasteiger partial charge in [-0.3, -0.25) is 9.59 Å². The summed E-state index contributed by atoms with van der Waals surface area (Å²) in [6.07, 6.45) is 5.81. The number of primary amides is 1. The van der Waals surface area contributed by atoms with Crippen molar-refractivity contribution in [1.82, 2.24) is 0 Å². The summed E-state index contributed by atoms with van der Waals surface area (Å²) in [6.45, 7) is 1.93. The number of hydrogen-bond acceptors (Lipinski definition) is 4. The summed E-state index contributed by atoms with van der Waals surface area (Å²) in [4.78, 5) is 26.2. The van der Waals surface area contributed by atoms with Gasteiger partial charge in [0.15, 0.2) is 0 Å². The average molecular weight is 367 g/mol. The Kier molecular flexibility index (Phi) is 6.67. The van der Waals surface area contributed by atoms with E-state index in [9.17, 15) is 9.59 Å². The van der Waals surface area contributed by atoms with E-state index in [4.69, 9.17) is 11.5 Å². The molecule has 2 atom stereocenters. The van der Waals surface area contributed by atoms with Crippen molar-refractivity contribution < 1.29 is 9.59 Å². The van der Waals surface area contributed by atoms with Crippen LogP contribution in [0.15, 0.2) is 18.2 Å². The first kappa shape index (κ1) is 19.5. The molecule has 1 aliphatic carbocycles. The van der Waals surface area contributed by atoms with Crippen molar-refractivity contribution in [2.24, 2.45) is 17.4 Å². The van der Waals surface area contributed by atoms with Gasteiger partial charge in [0.05, 0.1) is 11.4 Å². The van der Waals surface area contributed by atoms with E-state index in [1.54, 1.807) is 12.1 Å². The van der Waals surface area contributed by atoms with Gasteiger partial charge in [-0.2, -0.15) is 0 Å². The first-order valence-corrected chi connectivity index (χ1v) is 8.79. The molecule has 6 nitrogen and oxygen atoms in total. The van der Waals surface area contributed by atoms with Gasteiger partial charge in [-0.25, -0.2) is 0 Å². The van der Waals surface area contributed by atoms with Crippen LogP contribution in [0.4, 0.5) is 11.4 Å². The number of benzene rings is 1. The van der Waals surface area contributed by atoms with Crippen molar-refractivity contribution >= 4 is 35.6 Å². The molecule has 2 fully saturated rings. The van der Waals surface area contributed by atoms with Crippen molar-refractivity contribution in [2.75, 3.05) is 23.3 Å². The highest BCUT2D eigenvalue weighted by atomic mass is 35.5. The normalized spacial score (nSPS) is 22.5. The summed E-state index contributed by atoms with van der Waals surface area (Å²) in [7, 11) is 0. The number of nitrogens with zero attached hydrogens (tertiary/aromatic N) is 1. The zero-order chi connectivity index (χ0) is 17.1. The Bertz CT molecular complexity index is 632. The molecule has 0 bridgehead atoms. The number of carbonyl (C=O) groups is 2. The van der Waals surface area contributed by atoms with Crippen LogP contribution in [0.1, 0.15) is 48.9 Å². The van der Waals surface area contributed by atoms with Gasteiger partial charge in [-0.05, 0) is 49.8 Å². The molecule has 2 amide bonds. The predicted molar refractivity (Wildman–Crippen MR) is 102 cm³/mol. The third-order valence-corrected chi connectivity index (χ3v) is 5.17. The maximum absolute atomic E-state index is 12.5. The van der Waals surface area contributed by atoms with E-state index in [-0.39, 0.29) is 30.3 Å². The number of halogens is 1. The van der Waals surface area contributed by atoms with Crippen molar-refractivity contribution in [3.05, 3.63) is 23.8 Å². The monoisotopic (exact) mass is 366 g/mol. The first-order chi connectivity index (χ1) is 11.5. The fourth-order valence-corrected chi connectivity index (χ4v) is 3.78. The van der Waals surface area contributed by atoms with Crippen molar-refractivity contribution in [3.8, 4) is 0 Å². The van der Waals surface area contributed by atoms with Gasteiger partial charge in [0.2, 0.25) is 11.8 Å². The quantitative estimate of drug-likeness (QED) is 0.743. The van der Waals surface area contributed by atoms with E-state index < -0.39 is 5.91 Å². The minimum absolute atomic E-state index is 0. The number of anilines is 2. The van der Waals surface area contributed by atoms with E-state index in [1.807, 2.05) is 6.07 Å². The van der Waals surface area contributed by atoms with Crippen molar-refractivity contribution in [1.29, 1.82) is 0 Å². The molecule has 1 saturated carbocycles. The number of carbonyl (C=O) groups excluding carboxylic acids is 2. The van der Waals surface area contributed by atoms with Crippen LogP contribution in [0.25, 0.3) is 0 Å². The molecule has 3 rings (SSSR count). The summed E-state index contributed by atoms with van der Waals surface area (Å²) in [5.41, 5.74) is 13.5. The fourth-order valence-electron chi connectivity index (χ4n) is 3.78. The maximum atomic E-state index is 12.5. The van der Waals surface area contributed by atoms with Crippen LogP contribution < -0.4 is 21.7 Å². The summed E-state index contributed by atoms with van der Waals surface area (Å²) < 4.78 is 0. The molecule has 0 radical (unpaired) electrons. The Morgan fingerprint density at radius 2 is 1.88 bits per heavy atom. The second-order valence-electron chi connectivity index (χ2n) is 6.90. The lowest BCUT2D eigenvalue weighted by atomic mass is 10.00. The lowest BCUT2D eigenvalue weighted by molar-refractivity contribution is -0.117. The zero-order valence-corrected chi connectivity index (χ0v) is 15.2. The third kappa shape index (κ3) is 4.64. The predicted octanol–water partition coefficient (Wildman–Crippen LogP) is 2.26. The summed E-state index contributed by atoms with van der Waals surface area (Å²) in [6, 6.07) is 5.40. The molecule has 1 aromatic carbocycles. The molecular formula is C18H27ClN4O2. The van der Waals surface area contributed by atoms with E-state index >= 15 is 0 Å². The van der Waals surface area contributed by atoms with Gasteiger partial charge in [-0.1, -0.05) is 6.42 Å². The van der Waals surface area contributed by atoms with Crippen LogP contribution in [0.2, 0.25) is 0 Å².